The number of nitrogens with one attached hydrogen (secondary N) is 1. The van der Waals surface area contributed by atoms with Gasteiger partial charge in [0.1, 0.15) is 12.4 Å². The number of benzene rings is 2. The maximum Gasteiger partial charge on any atom is 0.259 e. The van der Waals surface area contributed by atoms with Crippen LogP contribution in [0.2, 0.25) is 0 Å². The summed E-state index contributed by atoms with van der Waals surface area (Å²) in [5.74, 6) is 0.0835. The van der Waals surface area contributed by atoms with Crippen LogP contribution in [0.1, 0.15) is 20.7 Å². The monoisotopic (exact) mass is 397 g/mol. The van der Waals surface area contributed by atoms with Crippen LogP contribution in [0.5, 0.6) is 5.75 Å². The van der Waals surface area contributed by atoms with E-state index in [0.717, 1.165) is 13.1 Å². The molecule has 1 fully saturated rings. The predicted octanol–water partition coefficient (Wildman–Crippen LogP) is 2.35. The first-order chi connectivity index (χ1) is 14.1. The minimum atomic E-state index is -0.323. The Morgan fingerprint density at radius 3 is 2.31 bits per heavy atom. The van der Waals surface area contributed by atoms with E-state index in [1.807, 2.05) is 18.0 Å². The van der Waals surface area contributed by atoms with Crippen LogP contribution in [0, 0.1) is 0 Å². The van der Waals surface area contributed by atoms with Crippen LogP contribution in [0.3, 0.4) is 0 Å². The van der Waals surface area contributed by atoms with Crippen LogP contribution in [-0.4, -0.2) is 75.2 Å². The molecule has 0 bridgehead atoms. The zero-order valence-corrected chi connectivity index (χ0v) is 16.9. The molecule has 2 aromatic carbocycles. The first-order valence-electron chi connectivity index (χ1n) is 9.69. The molecule has 0 radical (unpaired) electrons. The summed E-state index contributed by atoms with van der Waals surface area (Å²) in [5, 5.41) is 2.88. The Balaban J connectivity index is 1.76. The summed E-state index contributed by atoms with van der Waals surface area (Å²) in [6.45, 7) is 3.80. The van der Waals surface area contributed by atoms with Crippen molar-refractivity contribution in [3.63, 3.8) is 0 Å². The predicted molar refractivity (Wildman–Crippen MR) is 112 cm³/mol. The molecule has 7 heteroatoms. The number of carbonyl (C=O) groups is 2. The van der Waals surface area contributed by atoms with Crippen LogP contribution < -0.4 is 10.1 Å². The zero-order chi connectivity index (χ0) is 20.6. The summed E-state index contributed by atoms with van der Waals surface area (Å²) in [5.41, 5.74) is 1.39. The van der Waals surface area contributed by atoms with Crippen molar-refractivity contribution in [3.8, 4) is 5.75 Å². The van der Waals surface area contributed by atoms with E-state index in [1.165, 1.54) is 0 Å². The molecule has 29 heavy (non-hydrogen) atoms. The van der Waals surface area contributed by atoms with Gasteiger partial charge < -0.3 is 24.6 Å². The molecular weight excluding hydrogens is 370 g/mol. The lowest BCUT2D eigenvalue weighted by atomic mass is 10.1. The average Bonchev–Trinajstić information content (AvgIpc) is 2.75. The van der Waals surface area contributed by atoms with Crippen molar-refractivity contribution in [1.29, 1.82) is 0 Å². The van der Waals surface area contributed by atoms with Gasteiger partial charge in [0.2, 0.25) is 0 Å². The van der Waals surface area contributed by atoms with Gasteiger partial charge in [-0.1, -0.05) is 24.3 Å². The summed E-state index contributed by atoms with van der Waals surface area (Å²) in [7, 11) is 3.64. The Kier molecular flexibility index (Phi) is 7.21. The molecule has 0 spiro atoms. The number of ether oxygens (including phenoxy) is 2. The number of carbonyl (C=O) groups excluding carboxylic acids is 2. The van der Waals surface area contributed by atoms with E-state index in [1.54, 1.807) is 49.6 Å². The van der Waals surface area contributed by atoms with Crippen molar-refractivity contribution in [2.75, 3.05) is 58.9 Å². The second-order valence-corrected chi connectivity index (χ2v) is 6.93. The molecule has 0 aromatic heterocycles. The van der Waals surface area contributed by atoms with Crippen molar-refractivity contribution in [3.05, 3.63) is 59.7 Å². The number of hydrogen-bond donors (Lipinski definition) is 1. The Morgan fingerprint density at radius 1 is 0.931 bits per heavy atom. The molecule has 0 unspecified atom stereocenters. The van der Waals surface area contributed by atoms with Gasteiger partial charge in [-0.2, -0.15) is 0 Å². The quantitative estimate of drug-likeness (QED) is 0.727. The largest absolute Gasteiger partial charge is 0.490 e. The van der Waals surface area contributed by atoms with Crippen LogP contribution in [0.4, 0.5) is 5.69 Å². The minimum Gasteiger partial charge on any atom is -0.490 e. The Labute approximate surface area is 171 Å². The topological polar surface area (TPSA) is 71.1 Å². The fraction of sp³-hybridized carbons (Fsp3) is 0.364. The lowest BCUT2D eigenvalue weighted by Gasteiger charge is -2.32. The van der Waals surface area contributed by atoms with Gasteiger partial charge in [0.25, 0.3) is 11.8 Å². The van der Waals surface area contributed by atoms with Gasteiger partial charge in [-0.15, -0.1) is 0 Å². The normalized spacial score (nSPS) is 14.5. The van der Waals surface area contributed by atoms with Crippen molar-refractivity contribution < 1.29 is 19.1 Å². The van der Waals surface area contributed by atoms with E-state index in [0.29, 0.717) is 48.9 Å². The molecule has 1 aliphatic rings. The van der Waals surface area contributed by atoms with Gasteiger partial charge in [-0.25, -0.2) is 0 Å². The molecule has 0 aliphatic carbocycles. The summed E-state index contributed by atoms with van der Waals surface area (Å²) in [6.07, 6.45) is 0. The standard InChI is InChI=1S/C22H27N3O4/c1-24-11-13-25(14-12-24)22(27)17-7-3-5-9-19(17)23-21(26)18-8-4-6-10-20(18)29-16-15-28-2/h3-10H,11-16H2,1-2H3,(H,23,26). The number of methoxy groups -OCH3 is 1. The average molecular weight is 397 g/mol. The fourth-order valence-electron chi connectivity index (χ4n) is 3.16. The molecule has 0 saturated carbocycles. The van der Waals surface area contributed by atoms with Crippen LogP contribution in [0.25, 0.3) is 0 Å². The highest BCUT2D eigenvalue weighted by Crippen LogP contribution is 2.23. The summed E-state index contributed by atoms with van der Waals surface area (Å²) < 4.78 is 10.6. The van der Waals surface area contributed by atoms with Crippen molar-refractivity contribution in [2.24, 2.45) is 0 Å². The lowest BCUT2D eigenvalue weighted by Crippen LogP contribution is -2.47. The van der Waals surface area contributed by atoms with Crippen molar-refractivity contribution in [1.82, 2.24) is 9.80 Å². The minimum absolute atomic E-state index is 0.0707. The number of amides is 2. The maximum atomic E-state index is 13.0. The molecule has 1 saturated heterocycles. The van der Waals surface area contributed by atoms with Crippen LogP contribution >= 0.6 is 0 Å². The molecule has 2 aromatic rings. The number of para-hydroxylation sites is 2. The van der Waals surface area contributed by atoms with Crippen molar-refractivity contribution in [2.45, 2.75) is 0 Å². The molecule has 3 rings (SSSR count). The molecule has 2 amide bonds. The second-order valence-electron chi connectivity index (χ2n) is 6.93. The molecule has 0 atom stereocenters. The summed E-state index contributed by atoms with van der Waals surface area (Å²) in [4.78, 5) is 29.9. The number of anilines is 1. The fourth-order valence-corrected chi connectivity index (χ4v) is 3.16. The molecular formula is C22H27N3O4. The first kappa shape index (κ1) is 20.8. The van der Waals surface area contributed by atoms with Gasteiger partial charge in [0.05, 0.1) is 23.4 Å². The number of likely N-dealkylation sites (N-methyl/N-ethyl adjacent to an activating group) is 1. The Morgan fingerprint density at radius 2 is 1.59 bits per heavy atom. The first-order valence-corrected chi connectivity index (χ1v) is 9.69. The molecule has 1 N–H and O–H groups in total. The Bertz CT molecular complexity index is 847. The maximum absolute atomic E-state index is 13.0. The number of rotatable bonds is 7. The van der Waals surface area contributed by atoms with Crippen molar-refractivity contribution >= 4 is 17.5 Å². The van der Waals surface area contributed by atoms with E-state index in [4.69, 9.17) is 9.47 Å². The molecule has 7 nitrogen and oxygen atoms in total. The second kappa shape index (κ2) is 10.0. The highest BCUT2D eigenvalue weighted by Gasteiger charge is 2.23. The number of piperazine rings is 1. The van der Waals surface area contributed by atoms with Gasteiger partial charge in [-0.3, -0.25) is 9.59 Å². The lowest BCUT2D eigenvalue weighted by molar-refractivity contribution is 0.0665. The van der Waals surface area contributed by atoms with E-state index >= 15 is 0 Å². The third kappa shape index (κ3) is 5.34. The highest BCUT2D eigenvalue weighted by atomic mass is 16.5. The van der Waals surface area contributed by atoms with Gasteiger partial charge in [0, 0.05) is 33.3 Å². The highest BCUT2D eigenvalue weighted by molar-refractivity contribution is 6.10. The summed E-state index contributed by atoms with van der Waals surface area (Å²) in [6, 6.07) is 14.1. The van der Waals surface area contributed by atoms with E-state index in [-0.39, 0.29) is 11.8 Å². The SMILES string of the molecule is COCCOc1ccccc1C(=O)Nc1ccccc1C(=O)N1CCN(C)CC1. The van der Waals surface area contributed by atoms with Crippen LogP contribution in [0.15, 0.2) is 48.5 Å². The summed E-state index contributed by atoms with van der Waals surface area (Å²) >= 11 is 0. The molecule has 1 heterocycles. The van der Waals surface area contributed by atoms with Crippen LogP contribution in [-0.2, 0) is 4.74 Å². The van der Waals surface area contributed by atoms with Gasteiger partial charge in [-0.05, 0) is 31.3 Å². The third-order valence-corrected chi connectivity index (χ3v) is 4.87. The molecule has 1 aliphatic heterocycles. The third-order valence-electron chi connectivity index (χ3n) is 4.87. The van der Waals surface area contributed by atoms with E-state index in [9.17, 15) is 9.59 Å². The van der Waals surface area contributed by atoms with E-state index < -0.39 is 0 Å². The van der Waals surface area contributed by atoms with E-state index in [2.05, 4.69) is 10.2 Å². The number of hydrogen-bond acceptors (Lipinski definition) is 5. The molecule has 154 valence electrons. The smallest absolute Gasteiger partial charge is 0.259 e. The zero-order valence-electron chi connectivity index (χ0n) is 16.9. The van der Waals surface area contributed by atoms with Gasteiger partial charge in [0.15, 0.2) is 0 Å². The Hall–Kier alpha value is -2.90. The number of nitrogens with zero attached hydrogens (tertiary/aromatic N) is 2. The van der Waals surface area contributed by atoms with Gasteiger partial charge >= 0.3 is 0 Å².